The SMILES string of the molecule is CC(C)Oc1ccccc1/C=C(\C(=O)O)c1ccc(O)cc1. The third-order valence-electron chi connectivity index (χ3n) is 2.99. The summed E-state index contributed by atoms with van der Waals surface area (Å²) in [5.41, 5.74) is 1.35. The van der Waals surface area contributed by atoms with Crippen LogP contribution in [0.4, 0.5) is 0 Å². The summed E-state index contributed by atoms with van der Waals surface area (Å²) in [4.78, 5) is 11.6. The summed E-state index contributed by atoms with van der Waals surface area (Å²) < 4.78 is 5.70. The maximum absolute atomic E-state index is 11.6. The Balaban J connectivity index is 2.47. The van der Waals surface area contributed by atoms with Gasteiger partial charge in [-0.2, -0.15) is 0 Å². The first-order valence-corrected chi connectivity index (χ1v) is 6.97. The Morgan fingerprint density at radius 3 is 2.32 bits per heavy atom. The summed E-state index contributed by atoms with van der Waals surface area (Å²) in [6.45, 7) is 3.83. The molecule has 0 fully saturated rings. The first-order chi connectivity index (χ1) is 10.5. The third-order valence-corrected chi connectivity index (χ3v) is 2.99. The zero-order valence-corrected chi connectivity index (χ0v) is 12.5. The molecule has 4 heteroatoms. The van der Waals surface area contributed by atoms with Crippen LogP contribution in [0.25, 0.3) is 11.6 Å². The van der Waals surface area contributed by atoms with Crippen LogP contribution < -0.4 is 4.74 Å². The molecule has 0 aromatic heterocycles. The highest BCUT2D eigenvalue weighted by Gasteiger charge is 2.12. The molecular formula is C18H18O4. The first-order valence-electron chi connectivity index (χ1n) is 6.97. The maximum Gasteiger partial charge on any atom is 0.336 e. The molecule has 2 aromatic carbocycles. The number of carboxylic acid groups (broad SMARTS) is 1. The smallest absolute Gasteiger partial charge is 0.336 e. The number of phenolic OH excluding ortho intramolecular Hbond substituents is 1. The van der Waals surface area contributed by atoms with E-state index in [1.165, 1.54) is 12.1 Å². The van der Waals surface area contributed by atoms with Gasteiger partial charge in [0.15, 0.2) is 0 Å². The van der Waals surface area contributed by atoms with Crippen molar-refractivity contribution in [3.8, 4) is 11.5 Å². The molecule has 0 atom stereocenters. The van der Waals surface area contributed by atoms with Crippen LogP contribution in [0.15, 0.2) is 48.5 Å². The Morgan fingerprint density at radius 2 is 1.73 bits per heavy atom. The summed E-state index contributed by atoms with van der Waals surface area (Å²) in [7, 11) is 0. The Labute approximate surface area is 129 Å². The van der Waals surface area contributed by atoms with Gasteiger partial charge in [-0.3, -0.25) is 0 Å². The molecule has 2 rings (SSSR count). The highest BCUT2D eigenvalue weighted by Crippen LogP contribution is 2.26. The van der Waals surface area contributed by atoms with Crippen LogP contribution in [0.5, 0.6) is 11.5 Å². The van der Waals surface area contributed by atoms with Gasteiger partial charge in [0.25, 0.3) is 0 Å². The van der Waals surface area contributed by atoms with Crippen molar-refractivity contribution in [1.82, 2.24) is 0 Å². The molecule has 0 unspecified atom stereocenters. The van der Waals surface area contributed by atoms with Gasteiger partial charge in [0.1, 0.15) is 11.5 Å². The number of rotatable bonds is 5. The number of hydrogen-bond donors (Lipinski definition) is 2. The number of aromatic hydroxyl groups is 1. The lowest BCUT2D eigenvalue weighted by Gasteiger charge is -2.13. The third kappa shape index (κ3) is 3.88. The van der Waals surface area contributed by atoms with Crippen molar-refractivity contribution in [3.05, 3.63) is 59.7 Å². The van der Waals surface area contributed by atoms with E-state index in [9.17, 15) is 15.0 Å². The first kappa shape index (κ1) is 15.6. The van der Waals surface area contributed by atoms with Crippen molar-refractivity contribution in [2.75, 3.05) is 0 Å². The van der Waals surface area contributed by atoms with Crippen LogP contribution in [0.3, 0.4) is 0 Å². The van der Waals surface area contributed by atoms with Crippen LogP contribution in [-0.4, -0.2) is 22.3 Å². The summed E-state index contributed by atoms with van der Waals surface area (Å²) in [5, 5.41) is 18.8. The second kappa shape index (κ2) is 6.80. The van der Waals surface area contributed by atoms with Crippen molar-refractivity contribution in [2.45, 2.75) is 20.0 Å². The predicted octanol–water partition coefficient (Wildman–Crippen LogP) is 3.80. The molecule has 0 aliphatic carbocycles. The summed E-state index contributed by atoms with van der Waals surface area (Å²) >= 11 is 0. The number of benzene rings is 2. The fraction of sp³-hybridized carbons (Fsp3) is 0.167. The Morgan fingerprint density at radius 1 is 1.09 bits per heavy atom. The summed E-state index contributed by atoms with van der Waals surface area (Å²) in [6, 6.07) is 13.3. The molecule has 4 nitrogen and oxygen atoms in total. The summed E-state index contributed by atoms with van der Waals surface area (Å²) in [6.07, 6.45) is 1.57. The number of hydrogen-bond acceptors (Lipinski definition) is 3. The van der Waals surface area contributed by atoms with Gasteiger partial charge in [-0.05, 0) is 43.7 Å². The van der Waals surface area contributed by atoms with E-state index in [1.54, 1.807) is 24.3 Å². The number of aliphatic carboxylic acids is 1. The second-order valence-corrected chi connectivity index (χ2v) is 5.11. The van der Waals surface area contributed by atoms with Crippen LogP contribution in [0.2, 0.25) is 0 Å². The summed E-state index contributed by atoms with van der Waals surface area (Å²) in [5.74, 6) is -0.308. The molecule has 2 N–H and O–H groups in total. The topological polar surface area (TPSA) is 66.8 Å². The van der Waals surface area contributed by atoms with Crippen molar-refractivity contribution >= 4 is 17.6 Å². The average molecular weight is 298 g/mol. The van der Waals surface area contributed by atoms with Gasteiger partial charge in [-0.15, -0.1) is 0 Å². The van der Waals surface area contributed by atoms with Gasteiger partial charge in [-0.25, -0.2) is 4.79 Å². The molecule has 0 aliphatic rings. The quantitative estimate of drug-likeness (QED) is 0.651. The molecule has 0 heterocycles. The lowest BCUT2D eigenvalue weighted by Crippen LogP contribution is -2.07. The molecule has 0 aliphatic heterocycles. The highest BCUT2D eigenvalue weighted by molar-refractivity contribution is 6.20. The monoisotopic (exact) mass is 298 g/mol. The Bertz CT molecular complexity index is 684. The minimum absolute atomic E-state index is 0.00324. The van der Waals surface area contributed by atoms with Gasteiger partial charge < -0.3 is 14.9 Å². The van der Waals surface area contributed by atoms with E-state index < -0.39 is 5.97 Å². The molecule has 22 heavy (non-hydrogen) atoms. The van der Waals surface area contributed by atoms with Crippen LogP contribution >= 0.6 is 0 Å². The van der Waals surface area contributed by atoms with E-state index in [1.807, 2.05) is 32.0 Å². The van der Waals surface area contributed by atoms with Crippen molar-refractivity contribution < 1.29 is 19.7 Å². The van der Waals surface area contributed by atoms with Crippen molar-refractivity contribution in [2.24, 2.45) is 0 Å². The van der Waals surface area contributed by atoms with Gasteiger partial charge in [0.05, 0.1) is 11.7 Å². The number of para-hydroxylation sites is 1. The molecule has 0 radical (unpaired) electrons. The van der Waals surface area contributed by atoms with Crippen molar-refractivity contribution in [1.29, 1.82) is 0 Å². The largest absolute Gasteiger partial charge is 0.508 e. The average Bonchev–Trinajstić information content (AvgIpc) is 2.46. The number of ether oxygens (including phenoxy) is 1. The molecule has 0 bridgehead atoms. The molecular weight excluding hydrogens is 280 g/mol. The van der Waals surface area contributed by atoms with Crippen LogP contribution in [0, 0.1) is 0 Å². The highest BCUT2D eigenvalue weighted by atomic mass is 16.5. The molecule has 0 saturated heterocycles. The van der Waals surface area contributed by atoms with Gasteiger partial charge in [0.2, 0.25) is 0 Å². The molecule has 0 saturated carbocycles. The van der Waals surface area contributed by atoms with Crippen molar-refractivity contribution in [3.63, 3.8) is 0 Å². The van der Waals surface area contributed by atoms with Crippen LogP contribution in [-0.2, 0) is 4.79 Å². The molecule has 2 aromatic rings. The Hall–Kier alpha value is -2.75. The number of carbonyl (C=O) groups is 1. The number of carboxylic acids is 1. The second-order valence-electron chi connectivity index (χ2n) is 5.11. The van der Waals surface area contributed by atoms with Gasteiger partial charge in [-0.1, -0.05) is 30.3 Å². The van der Waals surface area contributed by atoms with E-state index >= 15 is 0 Å². The normalized spacial score (nSPS) is 11.5. The predicted molar refractivity (Wildman–Crippen MR) is 85.8 cm³/mol. The van der Waals surface area contributed by atoms with Gasteiger partial charge in [0, 0.05) is 5.56 Å². The zero-order valence-electron chi connectivity index (χ0n) is 12.5. The van der Waals surface area contributed by atoms with E-state index in [2.05, 4.69) is 0 Å². The number of phenols is 1. The minimum atomic E-state index is -1.04. The minimum Gasteiger partial charge on any atom is -0.508 e. The van der Waals surface area contributed by atoms with Gasteiger partial charge >= 0.3 is 5.97 Å². The van der Waals surface area contributed by atoms with Crippen LogP contribution in [0.1, 0.15) is 25.0 Å². The lowest BCUT2D eigenvalue weighted by atomic mass is 10.0. The van der Waals surface area contributed by atoms with E-state index in [4.69, 9.17) is 4.74 Å². The van der Waals surface area contributed by atoms with E-state index in [-0.39, 0.29) is 17.4 Å². The Kier molecular flexibility index (Phi) is 4.84. The standard InChI is InChI=1S/C18H18O4/c1-12(2)22-17-6-4-3-5-14(17)11-16(18(20)21)13-7-9-15(19)10-8-13/h3-12,19H,1-2H3,(H,20,21)/b16-11-. The fourth-order valence-electron chi connectivity index (χ4n) is 2.03. The fourth-order valence-corrected chi connectivity index (χ4v) is 2.03. The zero-order chi connectivity index (χ0) is 16.1. The maximum atomic E-state index is 11.6. The molecule has 114 valence electrons. The molecule has 0 amide bonds. The lowest BCUT2D eigenvalue weighted by molar-refractivity contribution is -0.130. The molecule has 0 spiro atoms. The van der Waals surface area contributed by atoms with E-state index in [0.717, 1.165) is 0 Å². The van der Waals surface area contributed by atoms with E-state index in [0.29, 0.717) is 16.9 Å².